The van der Waals surface area contributed by atoms with Gasteiger partial charge in [0.25, 0.3) is 0 Å². The lowest BCUT2D eigenvalue weighted by atomic mass is 10.1. The fourth-order valence-corrected chi connectivity index (χ4v) is 1.50. The zero-order valence-electron chi connectivity index (χ0n) is 9.33. The van der Waals surface area contributed by atoms with Crippen LogP contribution in [-0.4, -0.2) is 36.4 Å². The molecular formula is C12H15NO4. The third kappa shape index (κ3) is 3.18. The van der Waals surface area contributed by atoms with Crippen molar-refractivity contribution in [2.24, 2.45) is 5.73 Å². The first-order valence-electron chi connectivity index (χ1n) is 5.47. The van der Waals surface area contributed by atoms with Crippen LogP contribution in [0.2, 0.25) is 0 Å². The molecule has 1 saturated heterocycles. The molecule has 0 aromatic heterocycles. The Balaban J connectivity index is 1.84. The highest BCUT2D eigenvalue weighted by Gasteiger charge is 2.25. The van der Waals surface area contributed by atoms with Gasteiger partial charge < -0.3 is 20.3 Å². The number of hydrogen-bond acceptors (Lipinski definition) is 5. The van der Waals surface area contributed by atoms with Gasteiger partial charge in [-0.05, 0) is 24.1 Å². The zero-order chi connectivity index (χ0) is 12.3. The van der Waals surface area contributed by atoms with Gasteiger partial charge in [-0.1, -0.05) is 12.1 Å². The van der Waals surface area contributed by atoms with Gasteiger partial charge in [0.15, 0.2) is 0 Å². The molecule has 0 radical (unpaired) electrons. The third-order valence-electron chi connectivity index (χ3n) is 2.59. The summed E-state index contributed by atoms with van der Waals surface area (Å²) in [6.07, 6.45) is 0.250. The van der Waals surface area contributed by atoms with Crippen molar-refractivity contribution in [1.29, 1.82) is 0 Å². The van der Waals surface area contributed by atoms with Gasteiger partial charge in [-0.15, -0.1) is 0 Å². The van der Waals surface area contributed by atoms with Gasteiger partial charge >= 0.3 is 5.97 Å². The molecule has 3 N–H and O–H groups in total. The summed E-state index contributed by atoms with van der Waals surface area (Å²) in [6.45, 7) is 0.912. The molecule has 0 saturated carbocycles. The van der Waals surface area contributed by atoms with Crippen molar-refractivity contribution >= 4 is 5.97 Å². The molecule has 5 heteroatoms. The molecule has 0 spiro atoms. The molecule has 1 heterocycles. The van der Waals surface area contributed by atoms with E-state index in [1.165, 1.54) is 0 Å². The normalized spacial score (nSPS) is 17.2. The smallest absolute Gasteiger partial charge is 0.323 e. The van der Waals surface area contributed by atoms with Crippen LogP contribution in [0.4, 0.5) is 0 Å². The summed E-state index contributed by atoms with van der Waals surface area (Å²) in [6, 6.07) is 5.91. The molecule has 0 bridgehead atoms. The van der Waals surface area contributed by atoms with Crippen LogP contribution in [0.1, 0.15) is 5.56 Å². The lowest BCUT2D eigenvalue weighted by molar-refractivity contribution is -0.173. The molecule has 2 rings (SSSR count). The van der Waals surface area contributed by atoms with Gasteiger partial charge in [0.2, 0.25) is 0 Å². The Morgan fingerprint density at radius 2 is 2.12 bits per heavy atom. The number of phenols is 1. The molecule has 1 aromatic carbocycles. The summed E-state index contributed by atoms with van der Waals surface area (Å²) < 4.78 is 10.0. The van der Waals surface area contributed by atoms with E-state index >= 15 is 0 Å². The van der Waals surface area contributed by atoms with Crippen LogP contribution < -0.4 is 5.73 Å². The Hall–Kier alpha value is -1.59. The SMILES string of the molecule is N[C@H](Cc1ccc(O)cc1)C(=O)OC1COC1. The monoisotopic (exact) mass is 237 g/mol. The van der Waals surface area contributed by atoms with Gasteiger partial charge in [0, 0.05) is 0 Å². The Bertz CT molecular complexity index is 386. The van der Waals surface area contributed by atoms with Crippen molar-refractivity contribution in [3.8, 4) is 5.75 Å². The van der Waals surface area contributed by atoms with Crippen LogP contribution >= 0.6 is 0 Å². The van der Waals surface area contributed by atoms with Crippen molar-refractivity contribution in [1.82, 2.24) is 0 Å². The predicted molar refractivity (Wildman–Crippen MR) is 60.5 cm³/mol. The highest BCUT2D eigenvalue weighted by Crippen LogP contribution is 2.12. The molecule has 0 unspecified atom stereocenters. The number of carbonyl (C=O) groups is 1. The molecule has 5 nitrogen and oxygen atoms in total. The average molecular weight is 237 g/mol. The van der Waals surface area contributed by atoms with Crippen molar-refractivity contribution < 1.29 is 19.4 Å². The van der Waals surface area contributed by atoms with Crippen LogP contribution in [0.3, 0.4) is 0 Å². The van der Waals surface area contributed by atoms with Crippen molar-refractivity contribution in [3.63, 3.8) is 0 Å². The molecule has 17 heavy (non-hydrogen) atoms. The number of carbonyl (C=O) groups excluding carboxylic acids is 1. The molecule has 1 aromatic rings. The fraction of sp³-hybridized carbons (Fsp3) is 0.417. The van der Waals surface area contributed by atoms with Crippen LogP contribution in [0, 0.1) is 0 Å². The lowest BCUT2D eigenvalue weighted by Crippen LogP contribution is -2.43. The van der Waals surface area contributed by atoms with Crippen molar-refractivity contribution in [3.05, 3.63) is 29.8 Å². The van der Waals surface area contributed by atoms with Gasteiger partial charge in [0.05, 0.1) is 13.2 Å². The topological polar surface area (TPSA) is 81.8 Å². The first kappa shape index (κ1) is 11.9. The summed E-state index contributed by atoms with van der Waals surface area (Å²) in [5, 5.41) is 9.12. The molecule has 1 aliphatic rings. The predicted octanol–water partition coefficient (Wildman–Crippen LogP) is 0.204. The summed E-state index contributed by atoms with van der Waals surface area (Å²) >= 11 is 0. The second-order valence-electron chi connectivity index (χ2n) is 4.07. The maximum absolute atomic E-state index is 11.6. The second-order valence-corrected chi connectivity index (χ2v) is 4.07. The highest BCUT2D eigenvalue weighted by atomic mass is 16.6. The van der Waals surface area contributed by atoms with Gasteiger partial charge in [-0.2, -0.15) is 0 Å². The highest BCUT2D eigenvalue weighted by molar-refractivity contribution is 5.76. The molecular weight excluding hydrogens is 222 g/mol. The molecule has 0 amide bonds. The van der Waals surface area contributed by atoms with E-state index in [2.05, 4.69) is 0 Å². The minimum atomic E-state index is -0.680. The quantitative estimate of drug-likeness (QED) is 0.731. The van der Waals surface area contributed by atoms with Crippen LogP contribution in [-0.2, 0) is 20.7 Å². The summed E-state index contributed by atoms with van der Waals surface area (Å²) in [5.74, 6) is -0.220. The number of nitrogens with two attached hydrogens (primary N) is 1. The molecule has 92 valence electrons. The summed E-state index contributed by atoms with van der Waals surface area (Å²) in [4.78, 5) is 11.6. The van der Waals surface area contributed by atoms with E-state index in [0.29, 0.717) is 19.6 Å². The first-order valence-corrected chi connectivity index (χ1v) is 5.47. The van der Waals surface area contributed by atoms with E-state index in [9.17, 15) is 4.79 Å². The number of ether oxygens (including phenoxy) is 2. The van der Waals surface area contributed by atoms with E-state index in [1.54, 1.807) is 24.3 Å². The number of esters is 1. The van der Waals surface area contributed by atoms with Crippen LogP contribution in [0.25, 0.3) is 0 Å². The number of hydrogen-bond donors (Lipinski definition) is 2. The van der Waals surface area contributed by atoms with E-state index < -0.39 is 12.0 Å². The van der Waals surface area contributed by atoms with Crippen LogP contribution in [0.15, 0.2) is 24.3 Å². The Morgan fingerprint density at radius 1 is 1.47 bits per heavy atom. The number of aromatic hydroxyl groups is 1. The Morgan fingerprint density at radius 3 is 2.65 bits per heavy atom. The number of rotatable bonds is 4. The van der Waals surface area contributed by atoms with Crippen molar-refractivity contribution in [2.75, 3.05) is 13.2 Å². The van der Waals surface area contributed by atoms with Gasteiger partial charge in [-0.25, -0.2) is 0 Å². The fourth-order valence-electron chi connectivity index (χ4n) is 1.50. The van der Waals surface area contributed by atoms with E-state index in [4.69, 9.17) is 20.3 Å². The summed E-state index contributed by atoms with van der Waals surface area (Å²) in [7, 11) is 0. The Kier molecular flexibility index (Phi) is 3.61. The van der Waals surface area contributed by atoms with Gasteiger partial charge in [0.1, 0.15) is 17.9 Å². The minimum Gasteiger partial charge on any atom is -0.508 e. The van der Waals surface area contributed by atoms with E-state index in [-0.39, 0.29) is 11.9 Å². The van der Waals surface area contributed by atoms with Crippen LogP contribution in [0.5, 0.6) is 5.75 Å². The van der Waals surface area contributed by atoms with Gasteiger partial charge in [-0.3, -0.25) is 4.79 Å². The average Bonchev–Trinajstić information content (AvgIpc) is 2.26. The van der Waals surface area contributed by atoms with Crippen molar-refractivity contribution in [2.45, 2.75) is 18.6 Å². The second kappa shape index (κ2) is 5.16. The van der Waals surface area contributed by atoms with E-state index in [1.807, 2.05) is 0 Å². The molecule has 1 fully saturated rings. The van der Waals surface area contributed by atoms with E-state index in [0.717, 1.165) is 5.56 Å². The molecule has 1 atom stereocenters. The maximum Gasteiger partial charge on any atom is 0.323 e. The molecule has 1 aliphatic heterocycles. The lowest BCUT2D eigenvalue weighted by Gasteiger charge is -2.26. The number of benzene rings is 1. The maximum atomic E-state index is 11.6. The largest absolute Gasteiger partial charge is 0.508 e. The number of phenolic OH excluding ortho intramolecular Hbond substituents is 1. The minimum absolute atomic E-state index is 0.145. The zero-order valence-corrected chi connectivity index (χ0v) is 9.33. The summed E-state index contributed by atoms with van der Waals surface area (Å²) in [5.41, 5.74) is 6.62. The third-order valence-corrected chi connectivity index (χ3v) is 2.59. The molecule has 0 aliphatic carbocycles. The first-order chi connectivity index (χ1) is 8.15. The standard InChI is InChI=1S/C12H15NO4/c13-11(12(15)17-10-6-16-7-10)5-8-1-3-9(14)4-2-8/h1-4,10-11,14H,5-7,13H2/t11-/m1/s1. The Labute approximate surface area is 99.1 Å².